The highest BCUT2D eigenvalue weighted by Gasteiger charge is 2.16. The fraction of sp³-hybridized carbons (Fsp3) is 0.714. The first kappa shape index (κ1) is 10.1. The molecule has 0 aromatic carbocycles. The molecule has 0 amide bonds. The van der Waals surface area contributed by atoms with E-state index in [2.05, 4.69) is 5.32 Å². The molecule has 0 heterocycles. The van der Waals surface area contributed by atoms with Crippen LogP contribution in [0, 0.1) is 0 Å². The molecule has 0 rings (SSSR count). The fourth-order valence-corrected chi connectivity index (χ4v) is 0.781. The van der Waals surface area contributed by atoms with Gasteiger partial charge < -0.3 is 10.4 Å². The van der Waals surface area contributed by atoms with Crippen LogP contribution < -0.4 is 5.32 Å². The Balaban J connectivity index is 3.89. The van der Waals surface area contributed by atoms with Gasteiger partial charge in [0.1, 0.15) is 11.8 Å². The standard InChI is InChI=1S/C7H13NO3/c1-3-8-6(7(10)11)4-5(2)9/h6,8H,3-4H2,1-2H3,(H,10,11). The molecule has 0 aliphatic carbocycles. The first-order chi connectivity index (χ1) is 5.07. The molecule has 0 fully saturated rings. The Kier molecular flexibility index (Phi) is 4.45. The highest BCUT2D eigenvalue weighted by molar-refractivity contribution is 5.84. The van der Waals surface area contributed by atoms with Crippen LogP contribution in [0.3, 0.4) is 0 Å². The van der Waals surface area contributed by atoms with Gasteiger partial charge in [-0.3, -0.25) is 9.59 Å². The third-order valence-electron chi connectivity index (χ3n) is 1.24. The van der Waals surface area contributed by atoms with Crippen molar-refractivity contribution in [3.8, 4) is 0 Å². The smallest absolute Gasteiger partial charge is 0.321 e. The van der Waals surface area contributed by atoms with Gasteiger partial charge in [-0.1, -0.05) is 6.92 Å². The van der Waals surface area contributed by atoms with E-state index in [0.29, 0.717) is 6.54 Å². The Morgan fingerprint density at radius 3 is 2.36 bits per heavy atom. The van der Waals surface area contributed by atoms with E-state index in [0.717, 1.165) is 0 Å². The SMILES string of the molecule is CCNC(CC(C)=O)C(=O)O. The van der Waals surface area contributed by atoms with Crippen molar-refractivity contribution in [1.29, 1.82) is 0 Å². The summed E-state index contributed by atoms with van der Waals surface area (Å²) in [6, 6.07) is -0.725. The minimum Gasteiger partial charge on any atom is -0.480 e. The Morgan fingerprint density at radius 1 is 1.55 bits per heavy atom. The zero-order valence-corrected chi connectivity index (χ0v) is 6.76. The van der Waals surface area contributed by atoms with Crippen LogP contribution >= 0.6 is 0 Å². The number of Topliss-reactive ketones (excluding diaryl/α,β-unsaturated/α-hetero) is 1. The summed E-state index contributed by atoms with van der Waals surface area (Å²) in [5, 5.41) is 11.2. The lowest BCUT2D eigenvalue weighted by Gasteiger charge is -2.09. The number of hydrogen-bond acceptors (Lipinski definition) is 3. The lowest BCUT2D eigenvalue weighted by atomic mass is 10.1. The third kappa shape index (κ3) is 4.50. The van der Waals surface area contributed by atoms with Crippen LogP contribution in [0.1, 0.15) is 20.3 Å². The van der Waals surface area contributed by atoms with Gasteiger partial charge in [0.05, 0.1) is 0 Å². The molecule has 0 aromatic heterocycles. The molecule has 4 nitrogen and oxygen atoms in total. The average Bonchev–Trinajstić information content (AvgIpc) is 1.86. The van der Waals surface area contributed by atoms with Gasteiger partial charge in [-0.2, -0.15) is 0 Å². The normalized spacial score (nSPS) is 12.5. The number of likely N-dealkylation sites (N-methyl/N-ethyl adjacent to an activating group) is 1. The monoisotopic (exact) mass is 159 g/mol. The molecule has 1 unspecified atom stereocenters. The number of aliphatic carboxylic acids is 1. The molecule has 0 saturated carbocycles. The molecule has 0 aromatic rings. The lowest BCUT2D eigenvalue weighted by molar-refractivity contribution is -0.141. The van der Waals surface area contributed by atoms with E-state index in [-0.39, 0.29) is 12.2 Å². The zero-order valence-electron chi connectivity index (χ0n) is 6.76. The van der Waals surface area contributed by atoms with Crippen molar-refractivity contribution in [2.45, 2.75) is 26.3 Å². The van der Waals surface area contributed by atoms with Crippen LogP contribution in [0.2, 0.25) is 0 Å². The number of ketones is 1. The van der Waals surface area contributed by atoms with Crippen molar-refractivity contribution < 1.29 is 14.7 Å². The average molecular weight is 159 g/mol. The zero-order chi connectivity index (χ0) is 8.85. The van der Waals surface area contributed by atoms with Crippen molar-refractivity contribution in [2.24, 2.45) is 0 Å². The molecule has 11 heavy (non-hydrogen) atoms. The van der Waals surface area contributed by atoms with Gasteiger partial charge in [-0.25, -0.2) is 0 Å². The van der Waals surface area contributed by atoms with Gasteiger partial charge in [-0.05, 0) is 13.5 Å². The molecule has 0 aliphatic heterocycles. The van der Waals surface area contributed by atoms with E-state index in [9.17, 15) is 9.59 Å². The number of carbonyl (C=O) groups is 2. The van der Waals surface area contributed by atoms with E-state index in [4.69, 9.17) is 5.11 Å². The predicted octanol–water partition coefficient (Wildman–Crippen LogP) is 0.0282. The highest BCUT2D eigenvalue weighted by Crippen LogP contribution is 1.92. The van der Waals surface area contributed by atoms with Gasteiger partial charge in [0.15, 0.2) is 0 Å². The van der Waals surface area contributed by atoms with E-state index < -0.39 is 12.0 Å². The molecule has 0 radical (unpaired) electrons. The number of carboxylic acids is 1. The molecule has 1 atom stereocenters. The van der Waals surface area contributed by atoms with Gasteiger partial charge >= 0.3 is 5.97 Å². The summed E-state index contributed by atoms with van der Waals surface area (Å²) >= 11 is 0. The summed E-state index contributed by atoms with van der Waals surface area (Å²) in [5.74, 6) is -1.08. The minimum atomic E-state index is -0.970. The van der Waals surface area contributed by atoms with Crippen LogP contribution in [-0.2, 0) is 9.59 Å². The fourth-order valence-electron chi connectivity index (χ4n) is 0.781. The lowest BCUT2D eigenvalue weighted by Crippen LogP contribution is -2.37. The minimum absolute atomic E-state index is 0.0587. The summed E-state index contributed by atoms with van der Waals surface area (Å²) in [7, 11) is 0. The number of rotatable bonds is 5. The predicted molar refractivity (Wildman–Crippen MR) is 40.4 cm³/mol. The van der Waals surface area contributed by atoms with Crippen LogP contribution in [0.5, 0.6) is 0 Å². The first-order valence-electron chi connectivity index (χ1n) is 3.53. The molecule has 2 N–H and O–H groups in total. The number of carbonyl (C=O) groups excluding carboxylic acids is 1. The summed E-state index contributed by atoms with van der Waals surface area (Å²) in [6.07, 6.45) is 0.0587. The van der Waals surface area contributed by atoms with Gasteiger partial charge in [0.25, 0.3) is 0 Å². The Morgan fingerprint density at radius 2 is 2.09 bits per heavy atom. The molecule has 0 bridgehead atoms. The second-order valence-corrected chi connectivity index (χ2v) is 2.35. The Bertz CT molecular complexity index is 156. The quantitative estimate of drug-likeness (QED) is 0.594. The number of nitrogens with one attached hydrogen (secondary N) is 1. The van der Waals surface area contributed by atoms with E-state index in [1.54, 1.807) is 6.92 Å². The molecule has 0 saturated heterocycles. The van der Waals surface area contributed by atoms with Crippen molar-refractivity contribution in [2.75, 3.05) is 6.54 Å². The van der Waals surface area contributed by atoms with Crippen molar-refractivity contribution in [1.82, 2.24) is 5.32 Å². The summed E-state index contributed by atoms with van der Waals surface area (Å²) in [4.78, 5) is 20.9. The molecule has 64 valence electrons. The molecule has 4 heteroatoms. The van der Waals surface area contributed by atoms with Gasteiger partial charge in [-0.15, -0.1) is 0 Å². The topological polar surface area (TPSA) is 66.4 Å². The van der Waals surface area contributed by atoms with Gasteiger partial charge in [0.2, 0.25) is 0 Å². The second kappa shape index (κ2) is 4.85. The van der Waals surface area contributed by atoms with E-state index in [1.165, 1.54) is 6.92 Å². The van der Waals surface area contributed by atoms with Crippen LogP contribution in [-0.4, -0.2) is 29.4 Å². The van der Waals surface area contributed by atoms with E-state index >= 15 is 0 Å². The van der Waals surface area contributed by atoms with Crippen molar-refractivity contribution >= 4 is 11.8 Å². The summed E-state index contributed by atoms with van der Waals surface area (Å²) in [6.45, 7) is 3.74. The van der Waals surface area contributed by atoms with Crippen LogP contribution in [0.25, 0.3) is 0 Å². The van der Waals surface area contributed by atoms with Gasteiger partial charge in [0, 0.05) is 6.42 Å². The maximum atomic E-state index is 10.5. The molecular weight excluding hydrogens is 146 g/mol. The molecule has 0 spiro atoms. The highest BCUT2D eigenvalue weighted by atomic mass is 16.4. The van der Waals surface area contributed by atoms with Crippen molar-refractivity contribution in [3.05, 3.63) is 0 Å². The van der Waals surface area contributed by atoms with Crippen LogP contribution in [0.4, 0.5) is 0 Å². The number of hydrogen-bond donors (Lipinski definition) is 2. The van der Waals surface area contributed by atoms with Crippen molar-refractivity contribution in [3.63, 3.8) is 0 Å². The largest absolute Gasteiger partial charge is 0.480 e. The first-order valence-corrected chi connectivity index (χ1v) is 3.53. The molecular formula is C7H13NO3. The summed E-state index contributed by atoms with van der Waals surface area (Å²) in [5.41, 5.74) is 0. The third-order valence-corrected chi connectivity index (χ3v) is 1.24. The van der Waals surface area contributed by atoms with E-state index in [1.807, 2.05) is 0 Å². The number of carboxylic acid groups (broad SMARTS) is 1. The Hall–Kier alpha value is -0.900. The summed E-state index contributed by atoms with van der Waals surface area (Å²) < 4.78 is 0. The maximum absolute atomic E-state index is 10.5. The Labute approximate surface area is 65.6 Å². The van der Waals surface area contributed by atoms with Crippen LogP contribution in [0.15, 0.2) is 0 Å². The second-order valence-electron chi connectivity index (χ2n) is 2.35. The maximum Gasteiger partial charge on any atom is 0.321 e. The molecule has 0 aliphatic rings.